The van der Waals surface area contributed by atoms with Crippen LogP contribution in [0.2, 0.25) is 0 Å². The topological polar surface area (TPSA) is 107 Å². The minimum atomic E-state index is -3.72. The van der Waals surface area contributed by atoms with E-state index in [-0.39, 0.29) is 0 Å². The minimum Gasteiger partial charge on any atom is -0.394 e. The molecule has 0 aromatic rings. The number of aliphatic hydroxyl groups is 3. The molecule has 0 aromatic heterocycles. The third-order valence-corrected chi connectivity index (χ3v) is 4.38. The summed E-state index contributed by atoms with van der Waals surface area (Å²) >= 11 is 0. The second-order valence-corrected chi connectivity index (χ2v) is 6.91. The van der Waals surface area contributed by atoms with Gasteiger partial charge in [0.05, 0.1) is 24.6 Å². The third-order valence-electron chi connectivity index (χ3n) is 2.07. The molecule has 6 nitrogen and oxygen atoms in total. The summed E-state index contributed by atoms with van der Waals surface area (Å²) in [6, 6.07) is 0. The van der Waals surface area contributed by atoms with Crippen molar-refractivity contribution in [3.63, 3.8) is 0 Å². The predicted octanol–water partition coefficient (Wildman–Crippen LogP) is -1.58. The number of hydrogen-bond acceptors (Lipinski definition) is 5. The van der Waals surface area contributed by atoms with Gasteiger partial charge < -0.3 is 15.3 Å². The van der Waals surface area contributed by atoms with Crippen LogP contribution in [0.1, 0.15) is 20.8 Å². The van der Waals surface area contributed by atoms with Crippen LogP contribution in [0.3, 0.4) is 0 Å². The molecule has 0 aliphatic carbocycles. The van der Waals surface area contributed by atoms with Gasteiger partial charge >= 0.3 is 0 Å². The number of sulfonamides is 1. The van der Waals surface area contributed by atoms with Crippen LogP contribution in [-0.4, -0.2) is 53.8 Å². The van der Waals surface area contributed by atoms with Crippen molar-refractivity contribution in [2.45, 2.75) is 31.1 Å². The van der Waals surface area contributed by atoms with Gasteiger partial charge in [-0.15, -0.1) is 0 Å². The molecule has 0 radical (unpaired) electrons. The molecule has 0 amide bonds. The summed E-state index contributed by atoms with van der Waals surface area (Å²) < 4.78 is 24.4. The van der Waals surface area contributed by atoms with Crippen LogP contribution in [0.5, 0.6) is 0 Å². The molecule has 0 saturated heterocycles. The van der Waals surface area contributed by atoms with Gasteiger partial charge in [0, 0.05) is 0 Å². The van der Waals surface area contributed by atoms with Gasteiger partial charge in [-0.2, -0.15) is 0 Å². The second kappa shape index (κ2) is 4.75. The average Bonchev–Trinajstić information content (AvgIpc) is 2.12. The summed E-state index contributed by atoms with van der Waals surface area (Å²) in [6.07, 6.45) is 0. The molecule has 0 atom stereocenters. The largest absolute Gasteiger partial charge is 0.394 e. The smallest absolute Gasteiger partial charge is 0.217 e. The maximum Gasteiger partial charge on any atom is 0.217 e. The van der Waals surface area contributed by atoms with E-state index in [4.69, 9.17) is 15.3 Å². The molecule has 0 saturated carbocycles. The van der Waals surface area contributed by atoms with Gasteiger partial charge in [-0.25, -0.2) is 13.1 Å². The van der Waals surface area contributed by atoms with Gasteiger partial charge in [-0.1, -0.05) is 0 Å². The fourth-order valence-corrected chi connectivity index (χ4v) is 1.75. The van der Waals surface area contributed by atoms with Gasteiger partial charge in [0.25, 0.3) is 0 Å². The summed E-state index contributed by atoms with van der Waals surface area (Å²) in [5.41, 5.74) is -1.61. The lowest BCUT2D eigenvalue weighted by Gasteiger charge is -2.32. The van der Waals surface area contributed by atoms with Crippen LogP contribution < -0.4 is 4.72 Å². The first-order valence-corrected chi connectivity index (χ1v) is 5.98. The van der Waals surface area contributed by atoms with Crippen molar-refractivity contribution < 1.29 is 23.7 Å². The highest BCUT2D eigenvalue weighted by molar-refractivity contribution is 7.90. The van der Waals surface area contributed by atoms with E-state index in [1.54, 1.807) is 0 Å². The van der Waals surface area contributed by atoms with E-state index in [0.29, 0.717) is 0 Å². The third kappa shape index (κ3) is 3.39. The Hall–Kier alpha value is -0.210. The normalized spacial score (nSPS) is 14.3. The fourth-order valence-electron chi connectivity index (χ4n) is 0.685. The molecule has 0 aliphatic heterocycles. The van der Waals surface area contributed by atoms with E-state index in [2.05, 4.69) is 4.72 Å². The Morgan fingerprint density at radius 2 is 1.33 bits per heavy atom. The molecule has 4 N–H and O–H groups in total. The highest BCUT2D eigenvalue weighted by Crippen LogP contribution is 2.16. The predicted molar refractivity (Wildman–Crippen MR) is 55.8 cm³/mol. The molecule has 15 heavy (non-hydrogen) atoms. The SMILES string of the molecule is CC(C)(C)S(=O)(=O)NC(CO)(CO)CO. The van der Waals surface area contributed by atoms with E-state index in [0.717, 1.165) is 0 Å². The summed E-state index contributed by atoms with van der Waals surface area (Å²) in [6.45, 7) is 2.42. The molecular formula is C8H19NO5S. The molecule has 0 fully saturated rings. The zero-order valence-corrected chi connectivity index (χ0v) is 10.0. The standard InChI is InChI=1S/C8H19NO5S/c1-7(2,3)15(13,14)9-8(4-10,5-11)6-12/h9-12H,4-6H2,1-3H3. The van der Waals surface area contributed by atoms with E-state index in [9.17, 15) is 8.42 Å². The first-order chi connectivity index (χ1) is 6.64. The molecular weight excluding hydrogens is 222 g/mol. The Kier molecular flexibility index (Phi) is 4.68. The summed E-state index contributed by atoms with van der Waals surface area (Å²) in [4.78, 5) is 0. The van der Waals surface area contributed by atoms with Gasteiger partial charge in [0.2, 0.25) is 10.0 Å². The van der Waals surface area contributed by atoms with Crippen LogP contribution >= 0.6 is 0 Å². The van der Waals surface area contributed by atoms with Gasteiger partial charge in [-0.3, -0.25) is 0 Å². The molecule has 0 heterocycles. The highest BCUT2D eigenvalue weighted by atomic mass is 32.2. The molecule has 0 aromatic carbocycles. The lowest BCUT2D eigenvalue weighted by atomic mass is 10.1. The monoisotopic (exact) mass is 241 g/mol. The van der Waals surface area contributed by atoms with E-state index in [1.165, 1.54) is 20.8 Å². The maximum absolute atomic E-state index is 11.7. The van der Waals surface area contributed by atoms with E-state index in [1.807, 2.05) is 0 Å². The first kappa shape index (κ1) is 14.8. The summed E-state index contributed by atoms with van der Waals surface area (Å²) in [5.74, 6) is 0. The van der Waals surface area contributed by atoms with Crippen LogP contribution in [0.25, 0.3) is 0 Å². The first-order valence-electron chi connectivity index (χ1n) is 4.50. The van der Waals surface area contributed by atoms with Crippen molar-refractivity contribution in [2.75, 3.05) is 19.8 Å². The average molecular weight is 241 g/mol. The van der Waals surface area contributed by atoms with Gasteiger partial charge in [-0.05, 0) is 20.8 Å². The van der Waals surface area contributed by atoms with Crippen molar-refractivity contribution in [1.29, 1.82) is 0 Å². The van der Waals surface area contributed by atoms with Crippen LogP contribution in [0.4, 0.5) is 0 Å². The van der Waals surface area contributed by atoms with E-state index < -0.39 is 40.1 Å². The second-order valence-electron chi connectivity index (χ2n) is 4.47. The molecule has 0 rings (SSSR count). The van der Waals surface area contributed by atoms with Crippen molar-refractivity contribution >= 4 is 10.0 Å². The minimum absolute atomic E-state index is 0.671. The quantitative estimate of drug-likeness (QED) is 0.465. The molecule has 92 valence electrons. The number of aliphatic hydroxyl groups excluding tert-OH is 3. The van der Waals surface area contributed by atoms with Gasteiger partial charge in [0.1, 0.15) is 5.54 Å². The Morgan fingerprint density at radius 1 is 1.00 bits per heavy atom. The molecule has 0 bridgehead atoms. The summed E-state index contributed by atoms with van der Waals surface area (Å²) in [5, 5.41) is 26.9. The highest BCUT2D eigenvalue weighted by Gasteiger charge is 2.38. The maximum atomic E-state index is 11.7. The Balaban J connectivity index is 5.00. The fraction of sp³-hybridized carbons (Fsp3) is 1.00. The zero-order valence-electron chi connectivity index (χ0n) is 9.19. The van der Waals surface area contributed by atoms with Crippen LogP contribution in [-0.2, 0) is 10.0 Å². The molecule has 7 heteroatoms. The molecule has 0 unspecified atom stereocenters. The Bertz CT molecular complexity index is 280. The number of hydrogen-bond donors (Lipinski definition) is 4. The Morgan fingerprint density at radius 3 is 1.53 bits per heavy atom. The van der Waals surface area contributed by atoms with E-state index >= 15 is 0 Å². The number of nitrogens with one attached hydrogen (secondary N) is 1. The molecule has 0 aliphatic rings. The lowest BCUT2D eigenvalue weighted by Crippen LogP contribution is -2.59. The number of rotatable bonds is 5. The van der Waals surface area contributed by atoms with Crippen LogP contribution in [0, 0.1) is 0 Å². The Labute approximate surface area is 90.0 Å². The van der Waals surface area contributed by atoms with Crippen molar-refractivity contribution in [3.05, 3.63) is 0 Å². The van der Waals surface area contributed by atoms with Crippen LogP contribution in [0.15, 0.2) is 0 Å². The van der Waals surface area contributed by atoms with Gasteiger partial charge in [0.15, 0.2) is 0 Å². The van der Waals surface area contributed by atoms with Crippen molar-refractivity contribution in [1.82, 2.24) is 4.72 Å². The molecule has 0 spiro atoms. The lowest BCUT2D eigenvalue weighted by molar-refractivity contribution is 0.0578. The van der Waals surface area contributed by atoms with Crippen molar-refractivity contribution in [3.8, 4) is 0 Å². The zero-order chi connectivity index (χ0) is 12.3. The van der Waals surface area contributed by atoms with Crippen molar-refractivity contribution in [2.24, 2.45) is 0 Å². The summed E-state index contributed by atoms with van der Waals surface area (Å²) in [7, 11) is -3.72.